The molecule has 0 unspecified atom stereocenters. The first kappa shape index (κ1) is 15.9. The molecule has 0 bridgehead atoms. The average Bonchev–Trinajstić information content (AvgIpc) is 2.78. The van der Waals surface area contributed by atoms with Gasteiger partial charge in [-0.3, -0.25) is 0 Å². The van der Waals surface area contributed by atoms with Crippen molar-refractivity contribution in [3.8, 4) is 11.3 Å². The molecule has 2 aromatic heterocycles. The molecule has 4 nitrogen and oxygen atoms in total. The van der Waals surface area contributed by atoms with E-state index in [0.29, 0.717) is 9.52 Å². The molecule has 0 spiro atoms. The van der Waals surface area contributed by atoms with Gasteiger partial charge in [0.05, 0.1) is 12.8 Å². The Balaban J connectivity index is 2.68. The summed E-state index contributed by atoms with van der Waals surface area (Å²) in [7, 11) is 1.39. The van der Waals surface area contributed by atoms with Crippen LogP contribution >= 0.6 is 23.6 Å². The topological polar surface area (TPSA) is 55.0 Å². The highest BCUT2D eigenvalue weighted by Gasteiger charge is 2.22. The molecule has 0 aliphatic heterocycles. The molecular weight excluding hydrogens is 304 g/mol. The van der Waals surface area contributed by atoms with E-state index in [9.17, 15) is 4.79 Å². The number of hydrogen-bond donors (Lipinski definition) is 1. The van der Waals surface area contributed by atoms with E-state index in [2.05, 4.69) is 30.7 Å². The van der Waals surface area contributed by atoms with Crippen molar-refractivity contribution in [2.75, 3.05) is 7.11 Å². The number of methoxy groups -OCH3 is 1. The summed E-state index contributed by atoms with van der Waals surface area (Å²) in [6, 6.07) is 1.78. The molecule has 0 aliphatic carbocycles. The number of H-pyrrole nitrogens is 1. The monoisotopic (exact) mass is 322 g/mol. The van der Waals surface area contributed by atoms with Gasteiger partial charge in [0.15, 0.2) is 0 Å². The van der Waals surface area contributed by atoms with E-state index in [0.717, 1.165) is 22.6 Å². The van der Waals surface area contributed by atoms with Crippen LogP contribution in [0.4, 0.5) is 0 Å². The first-order valence-corrected chi connectivity index (χ1v) is 7.81. The number of thiophene rings is 1. The Bertz CT molecular complexity index is 739. The number of carbonyl (C=O) groups is 1. The number of aromatic amines is 1. The predicted molar refractivity (Wildman–Crippen MR) is 87.5 cm³/mol. The lowest BCUT2D eigenvalue weighted by Gasteiger charge is -2.18. The Labute approximate surface area is 133 Å². The van der Waals surface area contributed by atoms with Crippen molar-refractivity contribution in [3.63, 3.8) is 0 Å². The van der Waals surface area contributed by atoms with E-state index in [1.54, 1.807) is 6.07 Å². The summed E-state index contributed by atoms with van der Waals surface area (Å²) in [5.41, 5.74) is 2.50. The maximum atomic E-state index is 11.9. The van der Waals surface area contributed by atoms with Crippen LogP contribution in [0, 0.1) is 11.6 Å². The zero-order valence-electron chi connectivity index (χ0n) is 12.7. The first-order chi connectivity index (χ1) is 9.74. The Hall–Kier alpha value is -1.53. The van der Waals surface area contributed by atoms with Crippen LogP contribution in [0.15, 0.2) is 11.4 Å². The SMILES string of the molecule is COC(=O)c1scc(C)c1-c1cc(=S)nc(C(C)(C)C)[nH]1. The molecule has 0 saturated carbocycles. The van der Waals surface area contributed by atoms with Crippen LogP contribution in [-0.2, 0) is 10.2 Å². The molecule has 2 heterocycles. The Kier molecular flexibility index (Phi) is 4.30. The van der Waals surface area contributed by atoms with Gasteiger partial charge in [0.1, 0.15) is 15.3 Å². The summed E-state index contributed by atoms with van der Waals surface area (Å²) in [6.07, 6.45) is 0. The summed E-state index contributed by atoms with van der Waals surface area (Å²) in [5.74, 6) is 0.461. The van der Waals surface area contributed by atoms with Gasteiger partial charge in [0.2, 0.25) is 0 Å². The second-order valence-electron chi connectivity index (χ2n) is 5.85. The van der Waals surface area contributed by atoms with Crippen molar-refractivity contribution in [1.29, 1.82) is 0 Å². The van der Waals surface area contributed by atoms with Gasteiger partial charge in [0.25, 0.3) is 0 Å². The fraction of sp³-hybridized carbons (Fsp3) is 0.400. The lowest BCUT2D eigenvalue weighted by molar-refractivity contribution is 0.0607. The highest BCUT2D eigenvalue weighted by molar-refractivity contribution is 7.71. The maximum Gasteiger partial charge on any atom is 0.348 e. The minimum Gasteiger partial charge on any atom is -0.465 e. The third-order valence-corrected chi connectivity index (χ3v) is 4.36. The number of esters is 1. The van der Waals surface area contributed by atoms with Crippen molar-refractivity contribution < 1.29 is 9.53 Å². The molecule has 0 radical (unpaired) electrons. The second kappa shape index (κ2) is 5.69. The number of aromatic nitrogens is 2. The number of aryl methyl sites for hydroxylation is 1. The van der Waals surface area contributed by atoms with Crippen LogP contribution < -0.4 is 0 Å². The number of ether oxygens (including phenoxy) is 1. The third-order valence-electron chi connectivity index (χ3n) is 3.07. The lowest BCUT2D eigenvalue weighted by Crippen LogP contribution is -2.16. The van der Waals surface area contributed by atoms with E-state index >= 15 is 0 Å². The number of hydrogen-bond acceptors (Lipinski definition) is 5. The highest BCUT2D eigenvalue weighted by Crippen LogP contribution is 2.33. The summed E-state index contributed by atoms with van der Waals surface area (Å²) < 4.78 is 5.36. The van der Waals surface area contributed by atoms with Gasteiger partial charge in [-0.15, -0.1) is 11.3 Å². The molecule has 2 aromatic rings. The molecular formula is C15H18N2O2S2. The van der Waals surface area contributed by atoms with E-state index in [1.165, 1.54) is 18.4 Å². The Morgan fingerprint density at radius 2 is 2.10 bits per heavy atom. The summed E-state index contributed by atoms with van der Waals surface area (Å²) in [5, 5.41) is 1.94. The van der Waals surface area contributed by atoms with Crippen LogP contribution in [0.3, 0.4) is 0 Å². The smallest absolute Gasteiger partial charge is 0.348 e. The number of carbonyl (C=O) groups excluding carboxylic acids is 1. The molecule has 2 rings (SSSR count). The highest BCUT2D eigenvalue weighted by atomic mass is 32.1. The molecule has 1 N–H and O–H groups in total. The summed E-state index contributed by atoms with van der Waals surface area (Å²) in [4.78, 5) is 20.2. The Morgan fingerprint density at radius 3 is 2.67 bits per heavy atom. The van der Waals surface area contributed by atoms with E-state index in [1.807, 2.05) is 12.3 Å². The van der Waals surface area contributed by atoms with Crippen LogP contribution in [0.2, 0.25) is 0 Å². The molecule has 0 amide bonds. The molecule has 0 atom stereocenters. The zero-order chi connectivity index (χ0) is 15.8. The number of nitrogens with zero attached hydrogens (tertiary/aromatic N) is 1. The molecule has 0 aliphatic rings. The van der Waals surface area contributed by atoms with Crippen LogP contribution in [-0.4, -0.2) is 23.0 Å². The maximum absolute atomic E-state index is 11.9. The molecule has 0 aromatic carbocycles. The number of rotatable bonds is 2. The van der Waals surface area contributed by atoms with Crippen molar-refractivity contribution in [1.82, 2.24) is 9.97 Å². The van der Waals surface area contributed by atoms with Gasteiger partial charge >= 0.3 is 5.97 Å². The minimum absolute atomic E-state index is 0.154. The van der Waals surface area contributed by atoms with Gasteiger partial charge in [-0.1, -0.05) is 33.0 Å². The van der Waals surface area contributed by atoms with Gasteiger partial charge in [-0.2, -0.15) is 0 Å². The fourth-order valence-corrected chi connectivity index (χ4v) is 3.16. The number of nitrogens with one attached hydrogen (secondary N) is 1. The Morgan fingerprint density at radius 1 is 1.43 bits per heavy atom. The largest absolute Gasteiger partial charge is 0.465 e. The molecule has 21 heavy (non-hydrogen) atoms. The third kappa shape index (κ3) is 3.22. The van der Waals surface area contributed by atoms with Gasteiger partial charge in [-0.05, 0) is 23.9 Å². The predicted octanol–water partition coefficient (Wildman–Crippen LogP) is 4.26. The van der Waals surface area contributed by atoms with E-state index in [-0.39, 0.29) is 11.4 Å². The quantitative estimate of drug-likeness (QED) is 0.663. The summed E-state index contributed by atoms with van der Waals surface area (Å²) in [6.45, 7) is 8.15. The van der Waals surface area contributed by atoms with Crippen molar-refractivity contribution >= 4 is 29.5 Å². The molecule has 0 saturated heterocycles. The first-order valence-electron chi connectivity index (χ1n) is 6.52. The molecule has 6 heteroatoms. The van der Waals surface area contributed by atoms with Crippen LogP contribution in [0.25, 0.3) is 11.3 Å². The molecule has 0 fully saturated rings. The minimum atomic E-state index is -0.337. The van der Waals surface area contributed by atoms with Gasteiger partial charge < -0.3 is 9.72 Å². The standard InChI is InChI=1S/C15H18N2O2S2/c1-8-7-21-12(13(18)19-5)11(8)9-6-10(20)17-14(16-9)15(2,3)4/h6-7H,1-5H3,(H,16,17,20). The van der Waals surface area contributed by atoms with Gasteiger partial charge in [-0.25, -0.2) is 9.78 Å². The van der Waals surface area contributed by atoms with Crippen LogP contribution in [0.5, 0.6) is 0 Å². The second-order valence-corrected chi connectivity index (χ2v) is 7.14. The zero-order valence-corrected chi connectivity index (χ0v) is 14.4. The average molecular weight is 322 g/mol. The van der Waals surface area contributed by atoms with E-state index < -0.39 is 0 Å². The van der Waals surface area contributed by atoms with Crippen molar-refractivity contribution in [2.24, 2.45) is 0 Å². The van der Waals surface area contributed by atoms with Crippen molar-refractivity contribution in [2.45, 2.75) is 33.1 Å². The molecule has 112 valence electrons. The normalized spacial score (nSPS) is 11.5. The summed E-state index contributed by atoms with van der Waals surface area (Å²) >= 11 is 6.64. The van der Waals surface area contributed by atoms with Crippen LogP contribution in [0.1, 0.15) is 41.8 Å². The fourth-order valence-electron chi connectivity index (χ4n) is 1.97. The lowest BCUT2D eigenvalue weighted by atomic mass is 9.95. The van der Waals surface area contributed by atoms with E-state index in [4.69, 9.17) is 17.0 Å². The van der Waals surface area contributed by atoms with Crippen molar-refractivity contribution in [3.05, 3.63) is 32.4 Å². The van der Waals surface area contributed by atoms with Gasteiger partial charge in [0, 0.05) is 11.0 Å².